The molecule has 0 saturated carbocycles. The molecular weight excluding hydrogens is 268 g/mol. The Balaban J connectivity index is 1.54. The normalized spacial score (nSPS) is 19.3. The molecule has 2 aliphatic heterocycles. The first kappa shape index (κ1) is 14.4. The van der Waals surface area contributed by atoms with Crippen LogP contribution in [0.2, 0.25) is 0 Å². The van der Waals surface area contributed by atoms with Crippen molar-refractivity contribution in [2.24, 2.45) is 0 Å². The van der Waals surface area contributed by atoms with Gasteiger partial charge in [-0.15, -0.1) is 0 Å². The van der Waals surface area contributed by atoms with E-state index in [1.165, 1.54) is 5.56 Å². The van der Waals surface area contributed by atoms with Crippen molar-refractivity contribution in [1.29, 1.82) is 0 Å². The second-order valence-electron chi connectivity index (χ2n) is 5.78. The molecule has 0 radical (unpaired) electrons. The van der Waals surface area contributed by atoms with Gasteiger partial charge >= 0.3 is 0 Å². The number of phenolic OH excluding ortho intramolecular Hbond substituents is 1. The van der Waals surface area contributed by atoms with Crippen molar-refractivity contribution < 1.29 is 14.6 Å². The number of hydrogen-bond acceptors (Lipinski definition) is 4. The zero-order chi connectivity index (χ0) is 14.7. The maximum Gasteiger partial charge on any atom is 0.248 e. The molecule has 21 heavy (non-hydrogen) atoms. The predicted molar refractivity (Wildman–Crippen MR) is 79.1 cm³/mol. The number of rotatable bonds is 3. The Kier molecular flexibility index (Phi) is 4.41. The van der Waals surface area contributed by atoms with E-state index in [1.54, 1.807) is 12.1 Å². The minimum atomic E-state index is 0.0440. The third-order valence-corrected chi connectivity index (χ3v) is 4.28. The summed E-state index contributed by atoms with van der Waals surface area (Å²) in [6.45, 7) is 3.40. The molecule has 5 nitrogen and oxygen atoms in total. The van der Waals surface area contributed by atoms with Crippen molar-refractivity contribution >= 4 is 5.91 Å². The molecule has 1 saturated heterocycles. The van der Waals surface area contributed by atoms with Crippen molar-refractivity contribution in [2.75, 3.05) is 26.2 Å². The van der Waals surface area contributed by atoms with Crippen molar-refractivity contribution in [3.63, 3.8) is 0 Å². The molecule has 114 valence electrons. The van der Waals surface area contributed by atoms with Crippen LogP contribution >= 0.6 is 0 Å². The van der Waals surface area contributed by atoms with E-state index >= 15 is 0 Å². The number of piperidine rings is 1. The van der Waals surface area contributed by atoms with Gasteiger partial charge in [0.05, 0.1) is 6.10 Å². The van der Waals surface area contributed by atoms with E-state index < -0.39 is 0 Å². The second kappa shape index (κ2) is 6.45. The van der Waals surface area contributed by atoms with E-state index in [2.05, 4.69) is 5.32 Å². The van der Waals surface area contributed by atoms with E-state index in [4.69, 9.17) is 4.74 Å². The van der Waals surface area contributed by atoms with Gasteiger partial charge in [-0.2, -0.15) is 0 Å². The van der Waals surface area contributed by atoms with Crippen LogP contribution < -0.4 is 5.32 Å². The van der Waals surface area contributed by atoms with E-state index in [0.29, 0.717) is 6.54 Å². The predicted octanol–water partition coefficient (Wildman–Crippen LogP) is 1.05. The van der Waals surface area contributed by atoms with Gasteiger partial charge in [0, 0.05) is 13.1 Å². The van der Waals surface area contributed by atoms with E-state index in [0.717, 1.165) is 44.5 Å². The highest BCUT2D eigenvalue weighted by atomic mass is 16.5. The van der Waals surface area contributed by atoms with Gasteiger partial charge in [-0.25, -0.2) is 0 Å². The highest BCUT2D eigenvalue weighted by Crippen LogP contribution is 2.23. The van der Waals surface area contributed by atoms with Crippen LogP contribution in [0.5, 0.6) is 5.75 Å². The monoisotopic (exact) mass is 290 g/mol. The number of fused-ring (bicyclic) bond motifs is 1. The molecule has 0 atom stereocenters. The quantitative estimate of drug-likeness (QED) is 0.873. The highest BCUT2D eigenvalue weighted by molar-refractivity contribution is 5.77. The fourth-order valence-electron chi connectivity index (χ4n) is 3.00. The molecule has 1 amide bonds. The SMILES string of the molecule is O=C(COC1CCNCC1)N1CCc2ccc(O)cc2C1. The molecule has 5 heteroatoms. The van der Waals surface area contributed by atoms with E-state index in [9.17, 15) is 9.90 Å². The Hall–Kier alpha value is -1.59. The summed E-state index contributed by atoms with van der Waals surface area (Å²) in [5, 5.41) is 12.8. The molecule has 2 N–H and O–H groups in total. The third-order valence-electron chi connectivity index (χ3n) is 4.28. The molecule has 0 aliphatic carbocycles. The van der Waals surface area contributed by atoms with Gasteiger partial charge in [0.1, 0.15) is 12.4 Å². The maximum absolute atomic E-state index is 12.3. The molecule has 1 fully saturated rings. The van der Waals surface area contributed by atoms with Crippen molar-refractivity contribution in [3.8, 4) is 5.75 Å². The van der Waals surface area contributed by atoms with Crippen molar-refractivity contribution in [3.05, 3.63) is 29.3 Å². The molecule has 2 aliphatic rings. The van der Waals surface area contributed by atoms with Crippen LogP contribution in [-0.4, -0.2) is 48.3 Å². The number of benzene rings is 1. The summed E-state index contributed by atoms with van der Waals surface area (Å²) in [6.07, 6.45) is 3.00. The largest absolute Gasteiger partial charge is 0.508 e. The van der Waals surface area contributed by atoms with Crippen LogP contribution in [0.4, 0.5) is 0 Å². The smallest absolute Gasteiger partial charge is 0.248 e. The summed E-state index contributed by atoms with van der Waals surface area (Å²) in [5.74, 6) is 0.302. The maximum atomic E-state index is 12.3. The van der Waals surface area contributed by atoms with E-state index in [1.807, 2.05) is 11.0 Å². The summed E-state index contributed by atoms with van der Waals surface area (Å²) in [5.41, 5.74) is 2.26. The number of phenols is 1. The van der Waals surface area contributed by atoms with Crippen LogP contribution in [0.25, 0.3) is 0 Å². The average molecular weight is 290 g/mol. The summed E-state index contributed by atoms with van der Waals surface area (Å²) in [7, 11) is 0. The van der Waals surface area contributed by atoms with Crippen LogP contribution in [-0.2, 0) is 22.5 Å². The number of hydrogen-bond donors (Lipinski definition) is 2. The lowest BCUT2D eigenvalue weighted by molar-refractivity contribution is -0.139. The minimum Gasteiger partial charge on any atom is -0.508 e. The summed E-state index contributed by atoms with van der Waals surface area (Å²) >= 11 is 0. The van der Waals surface area contributed by atoms with Gasteiger partial charge < -0.3 is 20.1 Å². The summed E-state index contributed by atoms with van der Waals surface area (Å²) < 4.78 is 5.73. The molecular formula is C16H22N2O3. The molecule has 3 rings (SSSR count). The fraction of sp³-hybridized carbons (Fsp3) is 0.562. The topological polar surface area (TPSA) is 61.8 Å². The fourth-order valence-corrected chi connectivity index (χ4v) is 3.00. The molecule has 0 unspecified atom stereocenters. The Morgan fingerprint density at radius 1 is 1.33 bits per heavy atom. The molecule has 0 spiro atoms. The number of nitrogens with one attached hydrogen (secondary N) is 1. The van der Waals surface area contributed by atoms with Gasteiger partial charge in [0.25, 0.3) is 0 Å². The second-order valence-corrected chi connectivity index (χ2v) is 5.78. The first-order valence-electron chi connectivity index (χ1n) is 7.63. The number of amides is 1. The van der Waals surface area contributed by atoms with Gasteiger partial charge in [-0.05, 0) is 55.6 Å². The van der Waals surface area contributed by atoms with E-state index in [-0.39, 0.29) is 24.4 Å². The summed E-state index contributed by atoms with van der Waals surface area (Å²) in [4.78, 5) is 14.1. The van der Waals surface area contributed by atoms with Gasteiger partial charge in [-0.1, -0.05) is 6.07 Å². The number of carbonyl (C=O) groups excluding carboxylic acids is 1. The molecule has 0 aromatic heterocycles. The Morgan fingerprint density at radius 2 is 2.14 bits per heavy atom. The van der Waals surface area contributed by atoms with Crippen LogP contribution in [0, 0.1) is 0 Å². The zero-order valence-electron chi connectivity index (χ0n) is 12.2. The zero-order valence-corrected chi connectivity index (χ0v) is 12.2. The average Bonchev–Trinajstić information content (AvgIpc) is 2.53. The lowest BCUT2D eigenvalue weighted by Crippen LogP contribution is -2.40. The van der Waals surface area contributed by atoms with Crippen molar-refractivity contribution in [1.82, 2.24) is 10.2 Å². The number of aromatic hydroxyl groups is 1. The highest BCUT2D eigenvalue weighted by Gasteiger charge is 2.22. The van der Waals surface area contributed by atoms with Crippen molar-refractivity contribution in [2.45, 2.75) is 31.9 Å². The Labute approximate surface area is 124 Å². The molecule has 1 aromatic rings. The Bertz CT molecular complexity index is 512. The Morgan fingerprint density at radius 3 is 2.95 bits per heavy atom. The van der Waals surface area contributed by atoms with Crippen LogP contribution in [0.1, 0.15) is 24.0 Å². The van der Waals surface area contributed by atoms with Crippen LogP contribution in [0.15, 0.2) is 18.2 Å². The van der Waals surface area contributed by atoms with Crippen LogP contribution in [0.3, 0.4) is 0 Å². The minimum absolute atomic E-state index is 0.0440. The number of nitrogens with zero attached hydrogens (tertiary/aromatic N) is 1. The van der Waals surface area contributed by atoms with Gasteiger partial charge in [0.15, 0.2) is 0 Å². The third kappa shape index (κ3) is 3.54. The summed E-state index contributed by atoms with van der Waals surface area (Å²) in [6, 6.07) is 5.40. The molecule has 0 bridgehead atoms. The molecule has 1 aromatic carbocycles. The lowest BCUT2D eigenvalue weighted by Gasteiger charge is -2.30. The lowest BCUT2D eigenvalue weighted by atomic mass is 9.99. The first-order valence-corrected chi connectivity index (χ1v) is 7.63. The number of ether oxygens (including phenoxy) is 1. The molecule has 2 heterocycles. The van der Waals surface area contributed by atoms with Gasteiger partial charge in [-0.3, -0.25) is 4.79 Å². The standard InChI is InChI=1S/C16H22N2O3/c19-14-2-1-12-5-8-18(10-13(12)9-14)16(20)11-21-15-3-6-17-7-4-15/h1-2,9,15,17,19H,3-8,10-11H2. The number of carbonyl (C=O) groups is 1. The first-order chi connectivity index (χ1) is 10.2. The van der Waals surface area contributed by atoms with Gasteiger partial charge in [0.2, 0.25) is 5.91 Å².